The summed E-state index contributed by atoms with van der Waals surface area (Å²) < 4.78 is 32.3. The van der Waals surface area contributed by atoms with Crippen molar-refractivity contribution in [2.75, 3.05) is 6.61 Å². The Kier molecular flexibility index (Phi) is 7.97. The van der Waals surface area contributed by atoms with Crippen LogP contribution in [0.5, 0.6) is 0 Å². The first-order valence-electron chi connectivity index (χ1n) is 8.81. The first kappa shape index (κ1) is 21.1. The zero-order valence-corrected chi connectivity index (χ0v) is 16.5. The van der Waals surface area contributed by atoms with E-state index in [0.29, 0.717) is 12.2 Å². The average Bonchev–Trinajstić information content (AvgIpc) is 2.60. The van der Waals surface area contributed by atoms with Crippen molar-refractivity contribution < 1.29 is 17.9 Å². The molecule has 0 heterocycles. The summed E-state index contributed by atoms with van der Waals surface area (Å²) in [7, 11) is -3.43. The van der Waals surface area contributed by atoms with Crippen LogP contribution < -0.4 is 10.0 Å². The maximum atomic E-state index is 12.2. The number of carbonyl (C=O) groups is 1. The number of amides is 1. The molecule has 0 atom stereocenters. The molecular weight excluding hydrogens is 364 g/mol. The molecule has 0 fully saturated rings. The zero-order chi connectivity index (χ0) is 19.7. The van der Waals surface area contributed by atoms with Crippen molar-refractivity contribution in [3.63, 3.8) is 0 Å². The highest BCUT2D eigenvalue weighted by Gasteiger charge is 2.15. The molecule has 0 aliphatic heterocycles. The molecule has 6 nitrogen and oxygen atoms in total. The van der Waals surface area contributed by atoms with Gasteiger partial charge < -0.3 is 10.1 Å². The van der Waals surface area contributed by atoms with Gasteiger partial charge in [-0.3, -0.25) is 4.79 Å². The summed E-state index contributed by atoms with van der Waals surface area (Å²) in [5, 5.41) is 2.77. The van der Waals surface area contributed by atoms with Crippen LogP contribution in [0.1, 0.15) is 30.5 Å². The highest BCUT2D eigenvalue weighted by Crippen LogP contribution is 2.12. The number of sulfonamides is 1. The second-order valence-electron chi connectivity index (χ2n) is 6.56. The third-order valence-corrected chi connectivity index (χ3v) is 5.22. The third-order valence-electron chi connectivity index (χ3n) is 3.70. The quantitative estimate of drug-likeness (QED) is 0.652. The number of rotatable bonds is 10. The van der Waals surface area contributed by atoms with E-state index in [9.17, 15) is 13.2 Å². The van der Waals surface area contributed by atoms with Gasteiger partial charge in [0.1, 0.15) is 6.61 Å². The monoisotopic (exact) mass is 390 g/mol. The minimum absolute atomic E-state index is 0.0513. The molecule has 0 bridgehead atoms. The van der Waals surface area contributed by atoms with Crippen LogP contribution in [-0.4, -0.2) is 27.0 Å². The van der Waals surface area contributed by atoms with Crippen molar-refractivity contribution in [2.24, 2.45) is 0 Å². The summed E-state index contributed by atoms with van der Waals surface area (Å²) in [4.78, 5) is 12.0. The Bertz CT molecular complexity index is 836. The van der Waals surface area contributed by atoms with Gasteiger partial charge in [0.25, 0.3) is 0 Å². The summed E-state index contributed by atoms with van der Waals surface area (Å²) in [5.41, 5.74) is 2.43. The molecule has 0 unspecified atom stereocenters. The van der Waals surface area contributed by atoms with Crippen LogP contribution in [0.3, 0.4) is 0 Å². The summed E-state index contributed by atoms with van der Waals surface area (Å²) in [6.45, 7) is 4.12. The lowest BCUT2D eigenvalue weighted by molar-refractivity contribution is -0.126. The smallest absolute Gasteiger partial charge is 0.246 e. The fraction of sp³-hybridized carbons (Fsp3) is 0.350. The maximum absolute atomic E-state index is 12.2. The molecule has 27 heavy (non-hydrogen) atoms. The minimum atomic E-state index is -3.43. The van der Waals surface area contributed by atoms with Crippen molar-refractivity contribution in [1.82, 2.24) is 10.0 Å². The van der Waals surface area contributed by atoms with Crippen LogP contribution in [0, 0.1) is 0 Å². The lowest BCUT2D eigenvalue weighted by Crippen LogP contribution is -2.32. The molecule has 0 saturated heterocycles. The molecule has 0 spiro atoms. The van der Waals surface area contributed by atoms with Gasteiger partial charge in [0.2, 0.25) is 15.9 Å². The van der Waals surface area contributed by atoms with Gasteiger partial charge in [0, 0.05) is 12.6 Å². The van der Waals surface area contributed by atoms with Crippen molar-refractivity contribution in [3.8, 4) is 0 Å². The Morgan fingerprint density at radius 2 is 1.63 bits per heavy atom. The van der Waals surface area contributed by atoms with Crippen LogP contribution in [-0.2, 0) is 38.5 Å². The van der Waals surface area contributed by atoms with Gasteiger partial charge in [0.15, 0.2) is 0 Å². The van der Waals surface area contributed by atoms with Crippen molar-refractivity contribution >= 4 is 15.9 Å². The van der Waals surface area contributed by atoms with E-state index in [1.807, 2.05) is 42.5 Å². The number of benzene rings is 2. The van der Waals surface area contributed by atoms with Crippen molar-refractivity contribution in [1.29, 1.82) is 0 Å². The van der Waals surface area contributed by atoms with Crippen molar-refractivity contribution in [2.45, 2.75) is 38.8 Å². The van der Waals surface area contributed by atoms with E-state index in [4.69, 9.17) is 4.74 Å². The largest absolute Gasteiger partial charge is 0.367 e. The zero-order valence-electron chi connectivity index (χ0n) is 15.6. The first-order valence-corrected chi connectivity index (χ1v) is 10.5. The SMILES string of the molecule is CC(C)NS(=O)(=O)Cc1ccccc1CNC(=O)COCc1ccccc1. The van der Waals surface area contributed by atoms with Gasteiger partial charge in [-0.05, 0) is 30.5 Å². The van der Waals surface area contributed by atoms with Crippen LogP contribution in [0.4, 0.5) is 0 Å². The Labute approximate surface area is 161 Å². The third kappa shape index (κ3) is 7.90. The van der Waals surface area contributed by atoms with Gasteiger partial charge >= 0.3 is 0 Å². The van der Waals surface area contributed by atoms with Crippen LogP contribution in [0.2, 0.25) is 0 Å². The van der Waals surface area contributed by atoms with E-state index >= 15 is 0 Å². The van der Waals surface area contributed by atoms with Gasteiger partial charge in [-0.1, -0.05) is 54.6 Å². The van der Waals surface area contributed by atoms with E-state index in [-0.39, 0.29) is 30.9 Å². The highest BCUT2D eigenvalue weighted by atomic mass is 32.2. The molecule has 0 saturated carbocycles. The molecular formula is C20H26N2O4S. The second-order valence-corrected chi connectivity index (χ2v) is 8.31. The second kappa shape index (κ2) is 10.2. The number of carbonyl (C=O) groups excluding carboxylic acids is 1. The molecule has 0 aliphatic rings. The summed E-state index contributed by atoms with van der Waals surface area (Å²) in [6.07, 6.45) is 0. The summed E-state index contributed by atoms with van der Waals surface area (Å²) >= 11 is 0. The Balaban J connectivity index is 1.85. The summed E-state index contributed by atoms with van der Waals surface area (Å²) in [5.74, 6) is -0.370. The van der Waals surface area contributed by atoms with Gasteiger partial charge in [-0.15, -0.1) is 0 Å². The molecule has 2 aromatic rings. The molecule has 2 rings (SSSR count). The predicted molar refractivity (Wildman–Crippen MR) is 105 cm³/mol. The topological polar surface area (TPSA) is 84.5 Å². The Morgan fingerprint density at radius 1 is 1.00 bits per heavy atom. The van der Waals surface area contributed by atoms with E-state index < -0.39 is 10.0 Å². The molecule has 2 aromatic carbocycles. The van der Waals surface area contributed by atoms with Gasteiger partial charge in [-0.25, -0.2) is 13.1 Å². The van der Waals surface area contributed by atoms with Crippen LogP contribution in [0.15, 0.2) is 54.6 Å². The number of hydrogen-bond acceptors (Lipinski definition) is 4. The van der Waals surface area contributed by atoms with E-state index in [0.717, 1.165) is 11.1 Å². The molecule has 1 amide bonds. The number of ether oxygens (including phenoxy) is 1. The first-order chi connectivity index (χ1) is 12.9. The van der Waals surface area contributed by atoms with Crippen LogP contribution in [0.25, 0.3) is 0 Å². The molecule has 0 radical (unpaired) electrons. The van der Waals surface area contributed by atoms with Crippen LogP contribution >= 0.6 is 0 Å². The highest BCUT2D eigenvalue weighted by molar-refractivity contribution is 7.88. The Hall–Kier alpha value is -2.22. The molecule has 0 aliphatic carbocycles. The van der Waals surface area contributed by atoms with E-state index in [2.05, 4.69) is 10.0 Å². The maximum Gasteiger partial charge on any atom is 0.246 e. The lowest BCUT2D eigenvalue weighted by Gasteiger charge is -2.13. The number of nitrogens with one attached hydrogen (secondary N) is 2. The number of hydrogen-bond donors (Lipinski definition) is 2. The molecule has 7 heteroatoms. The molecule has 146 valence electrons. The van der Waals surface area contributed by atoms with E-state index in [1.165, 1.54) is 0 Å². The standard InChI is InChI=1S/C20H26N2O4S/c1-16(2)22-27(24,25)15-19-11-7-6-10-18(19)12-21-20(23)14-26-13-17-8-4-3-5-9-17/h3-11,16,22H,12-15H2,1-2H3,(H,21,23). The Morgan fingerprint density at radius 3 is 2.30 bits per heavy atom. The average molecular weight is 391 g/mol. The fourth-order valence-corrected chi connectivity index (χ4v) is 4.05. The van der Waals surface area contributed by atoms with Gasteiger partial charge in [0.05, 0.1) is 12.4 Å². The normalized spacial score (nSPS) is 11.5. The summed E-state index contributed by atoms with van der Waals surface area (Å²) in [6, 6.07) is 16.6. The molecule has 0 aromatic heterocycles. The fourth-order valence-electron chi connectivity index (χ4n) is 2.56. The minimum Gasteiger partial charge on any atom is -0.367 e. The van der Waals surface area contributed by atoms with E-state index in [1.54, 1.807) is 26.0 Å². The van der Waals surface area contributed by atoms with Gasteiger partial charge in [-0.2, -0.15) is 0 Å². The molecule has 2 N–H and O–H groups in total. The lowest BCUT2D eigenvalue weighted by atomic mass is 10.1. The predicted octanol–water partition coefficient (Wildman–Crippen LogP) is 2.35. The van der Waals surface area contributed by atoms with Crippen molar-refractivity contribution in [3.05, 3.63) is 71.3 Å².